The van der Waals surface area contributed by atoms with Crippen LogP contribution in [-0.2, 0) is 4.79 Å². The lowest BCUT2D eigenvalue weighted by molar-refractivity contribution is -0.138. The maximum atomic E-state index is 11.2. The number of carboxylic acid groups (broad SMARTS) is 1. The van der Waals surface area contributed by atoms with E-state index in [1.807, 2.05) is 32.0 Å². The number of methoxy groups -OCH3 is 2. The molecule has 20 heavy (non-hydrogen) atoms. The summed E-state index contributed by atoms with van der Waals surface area (Å²) in [5.41, 5.74) is 0.845. The third kappa shape index (κ3) is 3.63. The highest BCUT2D eigenvalue weighted by Gasteiger charge is 2.25. The average molecular weight is 281 g/mol. The van der Waals surface area contributed by atoms with Crippen LogP contribution in [-0.4, -0.2) is 43.3 Å². The van der Waals surface area contributed by atoms with Crippen LogP contribution in [0.25, 0.3) is 0 Å². The fourth-order valence-electron chi connectivity index (χ4n) is 2.44. The molecular weight excluding hydrogens is 258 g/mol. The molecule has 0 bridgehead atoms. The topological polar surface area (TPSA) is 59.0 Å². The monoisotopic (exact) mass is 281 g/mol. The quantitative estimate of drug-likeness (QED) is 0.793. The van der Waals surface area contributed by atoms with E-state index in [9.17, 15) is 9.90 Å². The Kier molecular flexibility index (Phi) is 6.31. The van der Waals surface area contributed by atoms with Crippen LogP contribution in [0.2, 0.25) is 0 Å². The fourth-order valence-corrected chi connectivity index (χ4v) is 2.44. The van der Waals surface area contributed by atoms with E-state index in [2.05, 4.69) is 4.90 Å². The molecule has 0 aliphatic carbocycles. The van der Waals surface area contributed by atoms with Crippen molar-refractivity contribution >= 4 is 5.97 Å². The predicted molar refractivity (Wildman–Crippen MR) is 77.5 cm³/mol. The number of hydrogen-bond donors (Lipinski definition) is 1. The molecule has 5 nitrogen and oxygen atoms in total. The van der Waals surface area contributed by atoms with Crippen molar-refractivity contribution in [2.24, 2.45) is 0 Å². The number of aliphatic carboxylic acids is 1. The lowest BCUT2D eigenvalue weighted by Crippen LogP contribution is -2.30. The van der Waals surface area contributed by atoms with Gasteiger partial charge in [0.25, 0.3) is 0 Å². The SMILES string of the molecule is CCN(CC)C(CC(=O)O)c1cccc(OC)c1OC. The van der Waals surface area contributed by atoms with Crippen LogP contribution >= 0.6 is 0 Å². The Morgan fingerprint density at radius 3 is 2.35 bits per heavy atom. The summed E-state index contributed by atoms with van der Waals surface area (Å²) in [6.07, 6.45) is 0.0329. The number of benzene rings is 1. The Hall–Kier alpha value is -1.75. The standard InChI is InChI=1S/C15H23NO4/c1-5-16(6-2)12(10-14(17)18)11-8-7-9-13(19-3)15(11)20-4/h7-9,12H,5-6,10H2,1-4H3,(H,17,18). The summed E-state index contributed by atoms with van der Waals surface area (Å²) in [6, 6.07) is 5.33. The van der Waals surface area contributed by atoms with Crippen molar-refractivity contribution in [2.45, 2.75) is 26.3 Å². The second-order valence-electron chi connectivity index (χ2n) is 4.42. The third-order valence-electron chi connectivity index (χ3n) is 3.41. The van der Waals surface area contributed by atoms with Gasteiger partial charge < -0.3 is 14.6 Å². The van der Waals surface area contributed by atoms with Gasteiger partial charge in [-0.3, -0.25) is 9.69 Å². The number of carbonyl (C=O) groups is 1. The zero-order valence-corrected chi connectivity index (χ0v) is 12.5. The molecule has 0 fully saturated rings. The van der Waals surface area contributed by atoms with E-state index in [1.165, 1.54) is 0 Å². The Bertz CT molecular complexity index is 443. The van der Waals surface area contributed by atoms with Crippen LogP contribution in [0, 0.1) is 0 Å². The first-order valence-electron chi connectivity index (χ1n) is 6.75. The summed E-state index contributed by atoms with van der Waals surface area (Å²) in [4.78, 5) is 13.3. The van der Waals surface area contributed by atoms with Crippen LogP contribution < -0.4 is 9.47 Å². The molecule has 112 valence electrons. The lowest BCUT2D eigenvalue weighted by Gasteiger charge is -2.30. The van der Waals surface area contributed by atoms with Crippen LogP contribution in [0.3, 0.4) is 0 Å². The largest absolute Gasteiger partial charge is 0.493 e. The van der Waals surface area contributed by atoms with E-state index < -0.39 is 5.97 Å². The van der Waals surface area contributed by atoms with Gasteiger partial charge in [0, 0.05) is 11.6 Å². The first kappa shape index (κ1) is 16.3. The summed E-state index contributed by atoms with van der Waals surface area (Å²) in [5, 5.41) is 9.18. The molecular formula is C15H23NO4. The van der Waals surface area contributed by atoms with Gasteiger partial charge >= 0.3 is 5.97 Å². The molecule has 1 aromatic carbocycles. The maximum absolute atomic E-state index is 11.2. The van der Waals surface area contributed by atoms with Gasteiger partial charge in [-0.2, -0.15) is 0 Å². The van der Waals surface area contributed by atoms with Crippen LogP contribution in [0.15, 0.2) is 18.2 Å². The smallest absolute Gasteiger partial charge is 0.305 e. The van der Waals surface area contributed by atoms with E-state index in [-0.39, 0.29) is 12.5 Å². The van der Waals surface area contributed by atoms with Gasteiger partial charge in [0.15, 0.2) is 11.5 Å². The summed E-state index contributed by atoms with van der Waals surface area (Å²) in [5.74, 6) is 0.396. The summed E-state index contributed by atoms with van der Waals surface area (Å²) in [7, 11) is 3.15. The molecule has 1 N–H and O–H groups in total. The molecule has 5 heteroatoms. The van der Waals surface area contributed by atoms with Gasteiger partial charge in [-0.15, -0.1) is 0 Å². The van der Waals surface area contributed by atoms with Gasteiger partial charge in [0.2, 0.25) is 0 Å². The summed E-state index contributed by atoms with van der Waals surface area (Å²) >= 11 is 0. The minimum Gasteiger partial charge on any atom is -0.493 e. The van der Waals surface area contributed by atoms with E-state index >= 15 is 0 Å². The van der Waals surface area contributed by atoms with Crippen molar-refractivity contribution in [1.82, 2.24) is 4.90 Å². The highest BCUT2D eigenvalue weighted by Crippen LogP contribution is 2.38. The number of para-hydroxylation sites is 1. The maximum Gasteiger partial charge on any atom is 0.305 e. The normalized spacial score (nSPS) is 12.2. The third-order valence-corrected chi connectivity index (χ3v) is 3.41. The lowest BCUT2D eigenvalue weighted by atomic mass is 10.00. The second-order valence-corrected chi connectivity index (χ2v) is 4.42. The van der Waals surface area contributed by atoms with E-state index in [0.717, 1.165) is 18.7 Å². The Morgan fingerprint density at radius 2 is 1.90 bits per heavy atom. The minimum atomic E-state index is -0.827. The van der Waals surface area contributed by atoms with Crippen LogP contribution in [0.1, 0.15) is 31.9 Å². The van der Waals surface area contributed by atoms with E-state index in [1.54, 1.807) is 14.2 Å². The molecule has 1 aromatic rings. The van der Waals surface area contributed by atoms with Crippen LogP contribution in [0.5, 0.6) is 11.5 Å². The van der Waals surface area contributed by atoms with Crippen molar-refractivity contribution in [3.05, 3.63) is 23.8 Å². The Labute approximate surface area is 120 Å². The molecule has 1 unspecified atom stereocenters. The summed E-state index contributed by atoms with van der Waals surface area (Å²) in [6.45, 7) is 5.58. The molecule has 1 atom stereocenters. The fraction of sp³-hybridized carbons (Fsp3) is 0.533. The highest BCUT2D eigenvalue weighted by molar-refractivity contribution is 5.68. The number of carboxylic acids is 1. The Balaban J connectivity index is 3.28. The number of ether oxygens (including phenoxy) is 2. The first-order chi connectivity index (χ1) is 9.58. The minimum absolute atomic E-state index is 0.0329. The number of nitrogens with zero attached hydrogens (tertiary/aromatic N) is 1. The molecule has 0 spiro atoms. The van der Waals surface area contributed by atoms with Crippen molar-refractivity contribution in [3.8, 4) is 11.5 Å². The average Bonchev–Trinajstić information content (AvgIpc) is 2.46. The number of hydrogen-bond acceptors (Lipinski definition) is 4. The molecule has 0 saturated carbocycles. The zero-order valence-electron chi connectivity index (χ0n) is 12.5. The Morgan fingerprint density at radius 1 is 1.25 bits per heavy atom. The molecule has 1 rings (SSSR count). The number of rotatable bonds is 8. The van der Waals surface area contributed by atoms with Gasteiger partial charge in [-0.05, 0) is 19.2 Å². The molecule has 0 amide bonds. The van der Waals surface area contributed by atoms with E-state index in [0.29, 0.717) is 11.5 Å². The van der Waals surface area contributed by atoms with Gasteiger partial charge in [0.1, 0.15) is 0 Å². The molecule has 0 aliphatic heterocycles. The highest BCUT2D eigenvalue weighted by atomic mass is 16.5. The predicted octanol–water partition coefficient (Wildman–Crippen LogP) is 2.56. The molecule has 0 aliphatic rings. The molecule has 0 aromatic heterocycles. The molecule has 0 saturated heterocycles. The molecule has 0 heterocycles. The van der Waals surface area contributed by atoms with E-state index in [4.69, 9.17) is 9.47 Å². The van der Waals surface area contributed by atoms with Crippen molar-refractivity contribution in [2.75, 3.05) is 27.3 Å². The summed E-state index contributed by atoms with van der Waals surface area (Å²) < 4.78 is 10.7. The second kappa shape index (κ2) is 7.75. The van der Waals surface area contributed by atoms with Gasteiger partial charge in [-0.25, -0.2) is 0 Å². The van der Waals surface area contributed by atoms with Crippen molar-refractivity contribution in [1.29, 1.82) is 0 Å². The molecule has 0 radical (unpaired) electrons. The first-order valence-corrected chi connectivity index (χ1v) is 6.75. The zero-order chi connectivity index (χ0) is 15.1. The van der Waals surface area contributed by atoms with Gasteiger partial charge in [0.05, 0.1) is 20.6 Å². The van der Waals surface area contributed by atoms with Crippen molar-refractivity contribution in [3.63, 3.8) is 0 Å². The van der Waals surface area contributed by atoms with Gasteiger partial charge in [-0.1, -0.05) is 26.0 Å². The van der Waals surface area contributed by atoms with Crippen LogP contribution in [0.4, 0.5) is 0 Å². The van der Waals surface area contributed by atoms with Crippen molar-refractivity contribution < 1.29 is 19.4 Å².